The second-order valence-electron chi connectivity index (χ2n) is 3.08. The number of carbonyl (C=O) groups excluding carboxylic acids is 1. The number of nitrogens with two attached hydrogens (primary N) is 1. The van der Waals surface area contributed by atoms with E-state index in [1.54, 1.807) is 0 Å². The van der Waals surface area contributed by atoms with Crippen molar-refractivity contribution >= 4 is 5.91 Å². The van der Waals surface area contributed by atoms with Gasteiger partial charge in [-0.25, -0.2) is 0 Å². The lowest BCUT2D eigenvalue weighted by Gasteiger charge is -1.90. The van der Waals surface area contributed by atoms with Gasteiger partial charge in [0.15, 0.2) is 0 Å². The Bertz CT molecular complexity index is 194. The summed E-state index contributed by atoms with van der Waals surface area (Å²) in [6.45, 7) is 2.10. The molecule has 0 aliphatic rings. The molecule has 0 bridgehead atoms. The summed E-state index contributed by atoms with van der Waals surface area (Å²) in [6, 6.07) is 12.0. The number of hydrogen-bond acceptors (Lipinski definition) is 1. The number of amides is 1. The first kappa shape index (κ1) is 12.7. The third-order valence-corrected chi connectivity index (χ3v) is 1.69. The minimum absolute atomic E-state index is 0.182. The summed E-state index contributed by atoms with van der Waals surface area (Å²) in [5.74, 6) is -0.182. The van der Waals surface area contributed by atoms with Gasteiger partial charge in [0.2, 0.25) is 5.91 Å². The quantitative estimate of drug-likeness (QED) is 0.734. The van der Waals surface area contributed by atoms with Crippen LogP contribution in [0.5, 0.6) is 0 Å². The van der Waals surface area contributed by atoms with Gasteiger partial charge in [0.25, 0.3) is 0 Å². The maximum atomic E-state index is 10.1. The van der Waals surface area contributed by atoms with Gasteiger partial charge in [-0.3, -0.25) is 4.79 Å². The molecule has 2 heteroatoms. The zero-order chi connectivity index (χ0) is 10.6. The van der Waals surface area contributed by atoms with Crippen LogP contribution in [0.1, 0.15) is 32.6 Å². The van der Waals surface area contributed by atoms with Crippen LogP contribution in [-0.2, 0) is 4.79 Å². The Hall–Kier alpha value is -1.31. The molecular weight excluding hydrogens is 174 g/mol. The number of carbonyl (C=O) groups is 1. The highest BCUT2D eigenvalue weighted by atomic mass is 16.1. The van der Waals surface area contributed by atoms with Crippen LogP contribution in [0.2, 0.25) is 0 Å². The van der Waals surface area contributed by atoms with Crippen molar-refractivity contribution < 1.29 is 4.79 Å². The number of hydrogen-bond donors (Lipinski definition) is 1. The lowest BCUT2D eigenvalue weighted by molar-refractivity contribution is -0.118. The predicted molar refractivity (Wildman–Crippen MR) is 59.8 cm³/mol. The highest BCUT2D eigenvalue weighted by Crippen LogP contribution is 1.96. The van der Waals surface area contributed by atoms with E-state index in [-0.39, 0.29) is 5.91 Å². The molecule has 0 unspecified atom stereocenters. The van der Waals surface area contributed by atoms with E-state index in [1.807, 2.05) is 36.4 Å². The molecule has 0 radical (unpaired) electrons. The third kappa shape index (κ3) is 10.7. The second kappa shape index (κ2) is 9.78. The third-order valence-electron chi connectivity index (χ3n) is 1.69. The van der Waals surface area contributed by atoms with Crippen molar-refractivity contribution in [2.45, 2.75) is 32.6 Å². The van der Waals surface area contributed by atoms with E-state index in [1.165, 1.54) is 0 Å². The van der Waals surface area contributed by atoms with Crippen LogP contribution in [-0.4, -0.2) is 5.91 Å². The van der Waals surface area contributed by atoms with Crippen LogP contribution in [0.4, 0.5) is 0 Å². The molecule has 1 aromatic rings. The van der Waals surface area contributed by atoms with Gasteiger partial charge in [-0.15, -0.1) is 0 Å². The van der Waals surface area contributed by atoms with Crippen LogP contribution in [0.25, 0.3) is 0 Å². The highest BCUT2D eigenvalue weighted by Gasteiger charge is 1.90. The Morgan fingerprint density at radius 2 is 1.43 bits per heavy atom. The van der Waals surface area contributed by atoms with E-state index >= 15 is 0 Å². The normalized spacial score (nSPS) is 8.64. The second-order valence-corrected chi connectivity index (χ2v) is 3.08. The first-order valence-electron chi connectivity index (χ1n) is 5.05. The summed E-state index contributed by atoms with van der Waals surface area (Å²) in [5.41, 5.74) is 4.89. The van der Waals surface area contributed by atoms with Crippen LogP contribution in [0.3, 0.4) is 0 Å². The van der Waals surface area contributed by atoms with E-state index in [9.17, 15) is 4.79 Å². The van der Waals surface area contributed by atoms with Gasteiger partial charge in [0, 0.05) is 6.42 Å². The fourth-order valence-electron chi connectivity index (χ4n) is 0.934. The minimum Gasteiger partial charge on any atom is -0.370 e. The van der Waals surface area contributed by atoms with Gasteiger partial charge >= 0.3 is 0 Å². The first-order valence-corrected chi connectivity index (χ1v) is 5.05. The van der Waals surface area contributed by atoms with Gasteiger partial charge in [0.05, 0.1) is 0 Å². The number of rotatable bonds is 4. The van der Waals surface area contributed by atoms with Gasteiger partial charge in [-0.1, -0.05) is 56.2 Å². The standard InChI is InChI=1S/C6H13NO.C6H6/c1-2-3-4-5-6(7)8;1-2-4-6-5-3-1/h2-5H2,1H3,(H2,7,8);1-6H. The molecule has 0 heterocycles. The van der Waals surface area contributed by atoms with Crippen molar-refractivity contribution in [3.8, 4) is 0 Å². The molecular formula is C12H19NO. The highest BCUT2D eigenvalue weighted by molar-refractivity contribution is 5.73. The molecule has 2 N–H and O–H groups in total. The van der Waals surface area contributed by atoms with Crippen molar-refractivity contribution in [1.29, 1.82) is 0 Å². The molecule has 1 rings (SSSR count). The molecule has 0 atom stereocenters. The Balaban J connectivity index is 0.000000249. The van der Waals surface area contributed by atoms with Crippen molar-refractivity contribution in [2.24, 2.45) is 5.73 Å². The zero-order valence-electron chi connectivity index (χ0n) is 8.78. The molecule has 0 spiro atoms. The van der Waals surface area contributed by atoms with Gasteiger partial charge < -0.3 is 5.73 Å². The Morgan fingerprint density at radius 1 is 1.00 bits per heavy atom. The van der Waals surface area contributed by atoms with Gasteiger partial charge in [-0.05, 0) is 6.42 Å². The van der Waals surface area contributed by atoms with E-state index in [4.69, 9.17) is 5.73 Å². The maximum Gasteiger partial charge on any atom is 0.217 e. The Kier molecular flexibility index (Phi) is 8.86. The van der Waals surface area contributed by atoms with E-state index in [0.717, 1.165) is 19.3 Å². The average molecular weight is 193 g/mol. The smallest absolute Gasteiger partial charge is 0.217 e. The van der Waals surface area contributed by atoms with Crippen molar-refractivity contribution in [1.82, 2.24) is 0 Å². The van der Waals surface area contributed by atoms with E-state index in [0.29, 0.717) is 6.42 Å². The molecule has 1 aromatic carbocycles. The summed E-state index contributed by atoms with van der Waals surface area (Å²) in [7, 11) is 0. The largest absolute Gasteiger partial charge is 0.370 e. The fraction of sp³-hybridized carbons (Fsp3) is 0.417. The molecule has 0 aliphatic heterocycles. The summed E-state index contributed by atoms with van der Waals surface area (Å²) in [5, 5.41) is 0. The SMILES string of the molecule is CCCCCC(N)=O.c1ccccc1. The van der Waals surface area contributed by atoms with Crippen molar-refractivity contribution in [2.75, 3.05) is 0 Å². The van der Waals surface area contributed by atoms with Gasteiger partial charge in [-0.2, -0.15) is 0 Å². The monoisotopic (exact) mass is 193 g/mol. The first-order chi connectivity index (χ1) is 6.77. The summed E-state index contributed by atoms with van der Waals surface area (Å²) in [4.78, 5) is 10.1. The predicted octanol–water partition coefficient (Wildman–Crippen LogP) is 2.74. The molecule has 0 fully saturated rings. The molecule has 0 saturated carbocycles. The summed E-state index contributed by atoms with van der Waals surface area (Å²) >= 11 is 0. The van der Waals surface area contributed by atoms with E-state index < -0.39 is 0 Å². The molecule has 14 heavy (non-hydrogen) atoms. The molecule has 2 nitrogen and oxygen atoms in total. The lowest BCUT2D eigenvalue weighted by atomic mass is 10.2. The van der Waals surface area contributed by atoms with Crippen molar-refractivity contribution in [3.63, 3.8) is 0 Å². The van der Waals surface area contributed by atoms with E-state index in [2.05, 4.69) is 6.92 Å². The van der Waals surface area contributed by atoms with Crippen LogP contribution in [0, 0.1) is 0 Å². The minimum atomic E-state index is -0.182. The zero-order valence-corrected chi connectivity index (χ0v) is 8.78. The Morgan fingerprint density at radius 3 is 1.71 bits per heavy atom. The number of benzene rings is 1. The Labute approximate surface area is 86.1 Å². The number of unbranched alkanes of at least 4 members (excludes halogenated alkanes) is 2. The van der Waals surface area contributed by atoms with Crippen LogP contribution >= 0.6 is 0 Å². The van der Waals surface area contributed by atoms with Gasteiger partial charge in [0.1, 0.15) is 0 Å². The summed E-state index contributed by atoms with van der Waals surface area (Å²) < 4.78 is 0. The maximum absolute atomic E-state index is 10.1. The molecule has 1 amide bonds. The van der Waals surface area contributed by atoms with Crippen LogP contribution in [0.15, 0.2) is 36.4 Å². The number of primary amides is 1. The van der Waals surface area contributed by atoms with Crippen LogP contribution < -0.4 is 5.73 Å². The molecule has 78 valence electrons. The van der Waals surface area contributed by atoms with Crippen molar-refractivity contribution in [3.05, 3.63) is 36.4 Å². The average Bonchev–Trinajstić information content (AvgIpc) is 2.21. The molecule has 0 saturated heterocycles. The lowest BCUT2D eigenvalue weighted by Crippen LogP contribution is -2.09. The fourth-order valence-corrected chi connectivity index (χ4v) is 0.934. The summed E-state index contributed by atoms with van der Waals surface area (Å²) in [6.07, 6.45) is 3.76. The molecule has 0 aliphatic carbocycles. The topological polar surface area (TPSA) is 43.1 Å². The molecule has 0 aromatic heterocycles.